The SMILES string of the molecule is CC1CC(=O)N(OC(=O)CBr)C1=O. The Labute approximate surface area is 83.1 Å². The quantitative estimate of drug-likeness (QED) is 0.520. The van der Waals surface area contributed by atoms with Crippen molar-refractivity contribution in [3.05, 3.63) is 0 Å². The van der Waals surface area contributed by atoms with E-state index in [0.29, 0.717) is 5.06 Å². The number of hydrogen-bond acceptors (Lipinski definition) is 4. The van der Waals surface area contributed by atoms with Crippen LogP contribution in [0.3, 0.4) is 0 Å². The Morgan fingerprint density at radius 1 is 1.69 bits per heavy atom. The summed E-state index contributed by atoms with van der Waals surface area (Å²) in [5.41, 5.74) is 0. The van der Waals surface area contributed by atoms with Crippen LogP contribution < -0.4 is 0 Å². The van der Waals surface area contributed by atoms with Gasteiger partial charge in [0.15, 0.2) is 0 Å². The molecule has 1 aliphatic heterocycles. The van der Waals surface area contributed by atoms with Crippen LogP contribution in [0.25, 0.3) is 0 Å². The monoisotopic (exact) mass is 249 g/mol. The number of rotatable bonds is 2. The number of imide groups is 1. The van der Waals surface area contributed by atoms with Crippen molar-refractivity contribution in [1.82, 2.24) is 5.06 Å². The first-order valence-corrected chi connectivity index (χ1v) is 4.82. The molecule has 1 saturated heterocycles. The fraction of sp³-hybridized carbons (Fsp3) is 0.571. The van der Waals surface area contributed by atoms with E-state index in [0.717, 1.165) is 0 Å². The third kappa shape index (κ3) is 2.06. The molecule has 0 aliphatic carbocycles. The maximum Gasteiger partial charge on any atom is 0.343 e. The van der Waals surface area contributed by atoms with Crippen molar-refractivity contribution >= 4 is 33.7 Å². The van der Waals surface area contributed by atoms with E-state index >= 15 is 0 Å². The van der Waals surface area contributed by atoms with Gasteiger partial charge < -0.3 is 4.84 Å². The summed E-state index contributed by atoms with van der Waals surface area (Å²) in [7, 11) is 0. The van der Waals surface area contributed by atoms with Gasteiger partial charge in [0.1, 0.15) is 5.33 Å². The van der Waals surface area contributed by atoms with E-state index in [9.17, 15) is 14.4 Å². The van der Waals surface area contributed by atoms with E-state index in [2.05, 4.69) is 20.8 Å². The number of hydrogen-bond donors (Lipinski definition) is 0. The van der Waals surface area contributed by atoms with Crippen molar-refractivity contribution in [3.63, 3.8) is 0 Å². The number of alkyl halides is 1. The van der Waals surface area contributed by atoms with Crippen molar-refractivity contribution in [2.24, 2.45) is 5.92 Å². The summed E-state index contributed by atoms with van der Waals surface area (Å²) in [4.78, 5) is 37.5. The molecule has 0 radical (unpaired) electrons. The Kier molecular flexibility index (Phi) is 3.02. The van der Waals surface area contributed by atoms with E-state index < -0.39 is 23.7 Å². The molecule has 0 aromatic carbocycles. The molecule has 1 rings (SSSR count). The second-order valence-corrected chi connectivity index (χ2v) is 3.29. The summed E-state index contributed by atoms with van der Waals surface area (Å²) >= 11 is 2.85. The highest BCUT2D eigenvalue weighted by Crippen LogP contribution is 2.18. The van der Waals surface area contributed by atoms with Crippen LogP contribution in [0.15, 0.2) is 0 Å². The van der Waals surface area contributed by atoms with Crippen molar-refractivity contribution in [1.29, 1.82) is 0 Å². The standard InChI is InChI=1S/C7H8BrNO4/c1-4-2-5(10)9(7(4)12)13-6(11)3-8/h4H,2-3H2,1H3. The highest BCUT2D eigenvalue weighted by Gasteiger charge is 2.38. The van der Waals surface area contributed by atoms with E-state index in [-0.39, 0.29) is 11.8 Å². The van der Waals surface area contributed by atoms with Crippen molar-refractivity contribution < 1.29 is 19.2 Å². The number of amides is 2. The number of carbonyl (C=O) groups excluding carboxylic acids is 3. The van der Waals surface area contributed by atoms with Gasteiger partial charge in [-0.05, 0) is 0 Å². The molecule has 1 fully saturated rings. The summed E-state index contributed by atoms with van der Waals surface area (Å²) in [5.74, 6) is -1.97. The summed E-state index contributed by atoms with van der Waals surface area (Å²) in [6.07, 6.45) is 0.106. The fourth-order valence-electron chi connectivity index (χ4n) is 0.977. The van der Waals surface area contributed by atoms with Gasteiger partial charge in [0.2, 0.25) is 0 Å². The van der Waals surface area contributed by atoms with Gasteiger partial charge in [-0.25, -0.2) is 4.79 Å². The van der Waals surface area contributed by atoms with Crippen LogP contribution in [-0.4, -0.2) is 28.2 Å². The fourth-order valence-corrected chi connectivity index (χ4v) is 1.08. The Morgan fingerprint density at radius 2 is 2.31 bits per heavy atom. The smallest absolute Gasteiger partial charge is 0.329 e. The van der Waals surface area contributed by atoms with Crippen molar-refractivity contribution in [2.75, 3.05) is 5.33 Å². The van der Waals surface area contributed by atoms with Gasteiger partial charge in [0, 0.05) is 12.3 Å². The van der Waals surface area contributed by atoms with E-state index in [1.807, 2.05) is 0 Å². The van der Waals surface area contributed by atoms with Gasteiger partial charge in [0.25, 0.3) is 11.8 Å². The Hall–Kier alpha value is -0.910. The van der Waals surface area contributed by atoms with Gasteiger partial charge >= 0.3 is 5.97 Å². The molecule has 0 aromatic heterocycles. The van der Waals surface area contributed by atoms with Gasteiger partial charge in [-0.3, -0.25) is 9.59 Å². The van der Waals surface area contributed by atoms with E-state index in [4.69, 9.17) is 0 Å². The van der Waals surface area contributed by atoms with Crippen molar-refractivity contribution in [3.8, 4) is 0 Å². The molecule has 72 valence electrons. The summed E-state index contributed by atoms with van der Waals surface area (Å²) in [6.45, 7) is 1.61. The molecule has 0 bridgehead atoms. The normalized spacial score (nSPS) is 22.3. The zero-order valence-electron chi connectivity index (χ0n) is 6.95. The molecule has 13 heavy (non-hydrogen) atoms. The molecular formula is C7H8BrNO4. The minimum Gasteiger partial charge on any atom is -0.329 e. The topological polar surface area (TPSA) is 63.7 Å². The summed E-state index contributed by atoms with van der Waals surface area (Å²) in [5, 5.41) is 0.493. The molecule has 0 N–H and O–H groups in total. The zero-order chi connectivity index (χ0) is 10.0. The van der Waals surface area contributed by atoms with Crippen LogP contribution in [0.4, 0.5) is 0 Å². The molecule has 2 amide bonds. The Bertz CT molecular complexity index is 265. The molecule has 1 aliphatic rings. The molecule has 0 spiro atoms. The molecule has 0 aromatic rings. The number of nitrogens with zero attached hydrogens (tertiary/aromatic N) is 1. The number of hydroxylamine groups is 2. The minimum atomic E-state index is -0.657. The van der Waals surface area contributed by atoms with Crippen LogP contribution in [0.2, 0.25) is 0 Å². The zero-order valence-corrected chi connectivity index (χ0v) is 8.54. The minimum absolute atomic E-state index is 0.0432. The lowest BCUT2D eigenvalue weighted by atomic mass is 10.1. The molecule has 6 heteroatoms. The lowest BCUT2D eigenvalue weighted by Crippen LogP contribution is -2.33. The summed E-state index contributed by atoms with van der Waals surface area (Å²) in [6, 6.07) is 0. The summed E-state index contributed by atoms with van der Waals surface area (Å²) < 4.78 is 0. The average molecular weight is 250 g/mol. The number of halogens is 1. The molecule has 1 unspecified atom stereocenters. The van der Waals surface area contributed by atoms with Crippen LogP contribution in [0.1, 0.15) is 13.3 Å². The highest BCUT2D eigenvalue weighted by molar-refractivity contribution is 9.09. The molecule has 5 nitrogen and oxygen atoms in total. The van der Waals surface area contributed by atoms with Gasteiger partial charge in [-0.2, -0.15) is 0 Å². The predicted molar refractivity (Wildman–Crippen MR) is 45.5 cm³/mol. The van der Waals surface area contributed by atoms with Gasteiger partial charge in [0.05, 0.1) is 0 Å². The molecule has 1 heterocycles. The second-order valence-electron chi connectivity index (χ2n) is 2.73. The number of carbonyl (C=O) groups is 3. The molecule has 0 saturated carbocycles. The highest BCUT2D eigenvalue weighted by atomic mass is 79.9. The van der Waals surface area contributed by atoms with Gasteiger partial charge in [-0.1, -0.05) is 22.9 Å². The predicted octanol–water partition coefficient (Wildman–Crippen LogP) is 0.235. The first kappa shape index (κ1) is 10.2. The maximum atomic E-state index is 11.2. The second kappa shape index (κ2) is 3.87. The Morgan fingerprint density at radius 3 is 2.69 bits per heavy atom. The average Bonchev–Trinajstić information content (AvgIpc) is 2.32. The maximum absolute atomic E-state index is 11.2. The van der Waals surface area contributed by atoms with Crippen LogP contribution in [-0.2, 0) is 19.2 Å². The first-order chi connectivity index (χ1) is 6.06. The van der Waals surface area contributed by atoms with Crippen LogP contribution in [0.5, 0.6) is 0 Å². The first-order valence-electron chi connectivity index (χ1n) is 3.69. The third-order valence-corrected chi connectivity index (χ3v) is 2.09. The van der Waals surface area contributed by atoms with E-state index in [1.54, 1.807) is 6.92 Å². The largest absolute Gasteiger partial charge is 0.343 e. The van der Waals surface area contributed by atoms with Gasteiger partial charge in [-0.15, -0.1) is 5.06 Å². The third-order valence-electron chi connectivity index (χ3n) is 1.63. The lowest BCUT2D eigenvalue weighted by molar-refractivity contribution is -0.196. The Balaban J connectivity index is 2.64. The van der Waals surface area contributed by atoms with E-state index in [1.165, 1.54) is 0 Å². The molecule has 1 atom stereocenters. The van der Waals surface area contributed by atoms with Crippen molar-refractivity contribution in [2.45, 2.75) is 13.3 Å². The van der Waals surface area contributed by atoms with Crippen LogP contribution in [0, 0.1) is 5.92 Å². The lowest BCUT2D eigenvalue weighted by Gasteiger charge is -2.11. The molecular weight excluding hydrogens is 242 g/mol. The van der Waals surface area contributed by atoms with Crippen LogP contribution >= 0.6 is 15.9 Å².